The quantitative estimate of drug-likeness (QED) is 0.613. The van der Waals surface area contributed by atoms with Crippen molar-refractivity contribution in [2.75, 3.05) is 19.0 Å². The second-order valence-electron chi connectivity index (χ2n) is 4.43. The lowest BCUT2D eigenvalue weighted by atomic mass is 10.2. The molecule has 0 fully saturated rings. The van der Waals surface area contributed by atoms with Gasteiger partial charge in [-0.05, 0) is 42.0 Å². The van der Waals surface area contributed by atoms with Crippen LogP contribution in [0.2, 0.25) is 0 Å². The number of carbonyl (C=O) groups is 1. The van der Waals surface area contributed by atoms with E-state index in [1.54, 1.807) is 13.3 Å². The second kappa shape index (κ2) is 8.19. The average Bonchev–Trinajstić information content (AvgIpc) is 2.55. The third-order valence-electron chi connectivity index (χ3n) is 2.82. The van der Waals surface area contributed by atoms with Gasteiger partial charge in [0, 0.05) is 10.2 Å². The highest BCUT2D eigenvalue weighted by molar-refractivity contribution is 9.10. The maximum Gasteiger partial charge on any atom is 0.259 e. The van der Waals surface area contributed by atoms with Crippen molar-refractivity contribution in [3.05, 3.63) is 58.6 Å². The van der Waals surface area contributed by atoms with Crippen LogP contribution < -0.4 is 15.5 Å². The Balaban J connectivity index is 1.76. The maximum atomic E-state index is 11.7. The van der Waals surface area contributed by atoms with Gasteiger partial charge in [-0.1, -0.05) is 28.1 Å². The molecule has 0 aliphatic rings. The van der Waals surface area contributed by atoms with Crippen LogP contribution in [0.15, 0.2) is 58.1 Å². The fourth-order valence-electron chi connectivity index (χ4n) is 1.66. The van der Waals surface area contributed by atoms with Crippen molar-refractivity contribution in [2.45, 2.75) is 0 Å². The van der Waals surface area contributed by atoms with Gasteiger partial charge < -0.3 is 10.1 Å². The van der Waals surface area contributed by atoms with Gasteiger partial charge in [0.1, 0.15) is 5.75 Å². The highest BCUT2D eigenvalue weighted by atomic mass is 79.9. The van der Waals surface area contributed by atoms with Gasteiger partial charge >= 0.3 is 0 Å². The highest BCUT2D eigenvalue weighted by Crippen LogP contribution is 2.14. The molecule has 0 aliphatic heterocycles. The van der Waals surface area contributed by atoms with Crippen LogP contribution in [-0.4, -0.2) is 25.8 Å². The number of nitrogens with one attached hydrogen (secondary N) is 2. The van der Waals surface area contributed by atoms with Gasteiger partial charge in [0.2, 0.25) is 0 Å². The summed E-state index contributed by atoms with van der Waals surface area (Å²) >= 11 is 3.36. The van der Waals surface area contributed by atoms with Crippen molar-refractivity contribution in [3.63, 3.8) is 0 Å². The first-order chi connectivity index (χ1) is 10.7. The number of hydrazone groups is 1. The van der Waals surface area contributed by atoms with Crippen LogP contribution in [0.4, 0.5) is 5.69 Å². The first kappa shape index (κ1) is 16.0. The fraction of sp³-hybridized carbons (Fsp3) is 0.125. The van der Waals surface area contributed by atoms with E-state index in [9.17, 15) is 4.79 Å². The summed E-state index contributed by atoms with van der Waals surface area (Å²) in [7, 11) is 1.61. The summed E-state index contributed by atoms with van der Waals surface area (Å²) < 4.78 is 6.07. The number of amides is 1. The van der Waals surface area contributed by atoms with Gasteiger partial charge in [-0.15, -0.1) is 0 Å². The van der Waals surface area contributed by atoms with Crippen LogP contribution in [0.3, 0.4) is 0 Å². The summed E-state index contributed by atoms with van der Waals surface area (Å²) in [6.45, 7) is 0.143. The van der Waals surface area contributed by atoms with Crippen LogP contribution in [-0.2, 0) is 4.79 Å². The van der Waals surface area contributed by atoms with Gasteiger partial charge in [-0.3, -0.25) is 4.79 Å². The largest absolute Gasteiger partial charge is 0.497 e. The molecule has 114 valence electrons. The number of hydrogen-bond donors (Lipinski definition) is 2. The summed E-state index contributed by atoms with van der Waals surface area (Å²) in [6, 6.07) is 15.0. The topological polar surface area (TPSA) is 62.7 Å². The lowest BCUT2D eigenvalue weighted by Gasteiger charge is -2.06. The maximum absolute atomic E-state index is 11.7. The van der Waals surface area contributed by atoms with Crippen LogP contribution in [0.1, 0.15) is 5.56 Å². The minimum absolute atomic E-state index is 0.143. The Kier molecular flexibility index (Phi) is 5.97. The molecule has 0 bridgehead atoms. The van der Waals surface area contributed by atoms with E-state index < -0.39 is 0 Å². The van der Waals surface area contributed by atoms with Crippen LogP contribution in [0.25, 0.3) is 0 Å². The third-order valence-corrected chi connectivity index (χ3v) is 3.34. The Labute approximate surface area is 137 Å². The van der Waals surface area contributed by atoms with E-state index in [0.717, 1.165) is 21.5 Å². The van der Waals surface area contributed by atoms with Crippen LogP contribution in [0.5, 0.6) is 5.75 Å². The fourth-order valence-corrected chi connectivity index (χ4v) is 1.92. The monoisotopic (exact) mass is 361 g/mol. The molecule has 2 aromatic carbocycles. The molecular formula is C16H16BrN3O2. The molecule has 2 aromatic rings. The third kappa shape index (κ3) is 5.21. The summed E-state index contributed by atoms with van der Waals surface area (Å²) in [5, 5.41) is 6.92. The van der Waals surface area contributed by atoms with E-state index in [4.69, 9.17) is 4.74 Å². The number of benzene rings is 2. The number of rotatable bonds is 6. The van der Waals surface area contributed by atoms with Crippen LogP contribution >= 0.6 is 15.9 Å². The molecule has 0 aliphatic carbocycles. The normalized spacial score (nSPS) is 10.5. The molecule has 5 nitrogen and oxygen atoms in total. The number of carbonyl (C=O) groups excluding carboxylic acids is 1. The van der Waals surface area contributed by atoms with Gasteiger partial charge in [-0.25, -0.2) is 5.43 Å². The van der Waals surface area contributed by atoms with Gasteiger partial charge in [0.05, 0.1) is 19.9 Å². The second-order valence-corrected chi connectivity index (χ2v) is 5.34. The predicted molar refractivity (Wildman–Crippen MR) is 91.4 cm³/mol. The van der Waals surface area contributed by atoms with E-state index >= 15 is 0 Å². The Morgan fingerprint density at radius 1 is 1.18 bits per heavy atom. The van der Waals surface area contributed by atoms with Gasteiger partial charge in [0.25, 0.3) is 5.91 Å². The van der Waals surface area contributed by atoms with E-state index in [1.807, 2.05) is 48.5 Å². The summed E-state index contributed by atoms with van der Waals surface area (Å²) in [5.41, 5.74) is 4.22. The molecule has 2 N–H and O–H groups in total. The summed E-state index contributed by atoms with van der Waals surface area (Å²) in [6.07, 6.45) is 1.59. The number of ether oxygens (including phenoxy) is 1. The molecule has 0 spiro atoms. The number of hydrogen-bond acceptors (Lipinski definition) is 4. The highest BCUT2D eigenvalue weighted by Gasteiger charge is 1.99. The Hall–Kier alpha value is -2.34. The predicted octanol–water partition coefficient (Wildman–Crippen LogP) is 3.02. The minimum atomic E-state index is -0.218. The van der Waals surface area contributed by atoms with Crippen molar-refractivity contribution in [2.24, 2.45) is 5.10 Å². The lowest BCUT2D eigenvalue weighted by Crippen LogP contribution is -2.25. The molecule has 0 aromatic heterocycles. The van der Waals surface area contributed by atoms with Crippen molar-refractivity contribution in [3.8, 4) is 5.75 Å². The first-order valence-corrected chi connectivity index (χ1v) is 7.42. The zero-order valence-corrected chi connectivity index (χ0v) is 13.6. The first-order valence-electron chi connectivity index (χ1n) is 6.63. The molecule has 2 rings (SSSR count). The molecule has 0 saturated carbocycles. The molecule has 0 radical (unpaired) electrons. The Bertz CT molecular complexity index is 639. The number of anilines is 1. The number of nitrogens with zero attached hydrogens (tertiary/aromatic N) is 1. The zero-order chi connectivity index (χ0) is 15.8. The van der Waals surface area contributed by atoms with Crippen LogP contribution in [0, 0.1) is 0 Å². The van der Waals surface area contributed by atoms with E-state index in [2.05, 4.69) is 31.8 Å². The standard InChI is InChI=1S/C16H16BrN3O2/c1-22-15-8-6-14(7-9-15)18-11-16(21)20-19-10-12-2-4-13(17)5-3-12/h2-10,18H,11H2,1H3,(H,20,21)/b19-10+. The lowest BCUT2D eigenvalue weighted by molar-refractivity contribution is -0.119. The molecule has 1 amide bonds. The molecule has 6 heteroatoms. The van der Waals surface area contributed by atoms with E-state index in [-0.39, 0.29) is 12.5 Å². The molecule has 0 atom stereocenters. The summed E-state index contributed by atoms with van der Waals surface area (Å²) in [4.78, 5) is 11.7. The molecule has 0 unspecified atom stereocenters. The van der Waals surface area contributed by atoms with Gasteiger partial charge in [0.15, 0.2) is 0 Å². The average molecular weight is 362 g/mol. The van der Waals surface area contributed by atoms with Gasteiger partial charge in [-0.2, -0.15) is 5.10 Å². The summed E-state index contributed by atoms with van der Waals surface area (Å²) in [5.74, 6) is 0.554. The number of halogens is 1. The van der Waals surface area contributed by atoms with Crippen molar-refractivity contribution < 1.29 is 9.53 Å². The molecular weight excluding hydrogens is 346 g/mol. The smallest absolute Gasteiger partial charge is 0.259 e. The van der Waals surface area contributed by atoms with Crippen molar-refractivity contribution in [1.29, 1.82) is 0 Å². The SMILES string of the molecule is COc1ccc(NCC(=O)N/N=C/c2ccc(Br)cc2)cc1. The van der Waals surface area contributed by atoms with Crippen molar-refractivity contribution >= 4 is 33.7 Å². The van der Waals surface area contributed by atoms with E-state index in [0.29, 0.717) is 0 Å². The zero-order valence-electron chi connectivity index (χ0n) is 12.0. The Morgan fingerprint density at radius 3 is 2.50 bits per heavy atom. The minimum Gasteiger partial charge on any atom is -0.497 e. The Morgan fingerprint density at radius 2 is 1.86 bits per heavy atom. The van der Waals surface area contributed by atoms with Crippen molar-refractivity contribution in [1.82, 2.24) is 5.43 Å². The molecule has 22 heavy (non-hydrogen) atoms. The molecule has 0 saturated heterocycles. The number of methoxy groups -OCH3 is 1. The van der Waals surface area contributed by atoms with E-state index in [1.165, 1.54) is 0 Å². The molecule has 0 heterocycles.